The van der Waals surface area contributed by atoms with Crippen LogP contribution >= 0.6 is 23.4 Å². The van der Waals surface area contributed by atoms with Crippen molar-refractivity contribution in [1.82, 2.24) is 4.98 Å². The summed E-state index contributed by atoms with van der Waals surface area (Å²) in [7, 11) is 0. The number of rotatable bonds is 6. The van der Waals surface area contributed by atoms with Gasteiger partial charge in [0.05, 0.1) is 11.1 Å². The second kappa shape index (κ2) is 9.80. The molecule has 0 saturated heterocycles. The Morgan fingerprint density at radius 3 is 2.23 bits per heavy atom. The van der Waals surface area contributed by atoms with Crippen LogP contribution in [0.5, 0.6) is 0 Å². The van der Waals surface area contributed by atoms with Crippen molar-refractivity contribution < 1.29 is 19.1 Å². The number of carbonyl (C=O) groups is 3. The van der Waals surface area contributed by atoms with Gasteiger partial charge < -0.3 is 15.4 Å². The molecule has 2 N–H and O–H groups in total. The van der Waals surface area contributed by atoms with Crippen LogP contribution in [-0.2, 0) is 20.9 Å². The van der Waals surface area contributed by atoms with Crippen molar-refractivity contribution in [1.29, 1.82) is 0 Å². The van der Waals surface area contributed by atoms with Crippen LogP contribution in [0.3, 0.4) is 0 Å². The van der Waals surface area contributed by atoms with Crippen molar-refractivity contribution in [3.8, 4) is 0 Å². The first-order valence-corrected chi connectivity index (χ1v) is 10.9. The quantitative estimate of drug-likeness (QED) is 0.311. The lowest BCUT2D eigenvalue weighted by Crippen LogP contribution is -2.12. The lowest BCUT2D eigenvalue weighted by molar-refractivity contribution is -0.115. The molecule has 2 amide bonds. The number of halogens is 1. The summed E-state index contributed by atoms with van der Waals surface area (Å²) in [6.45, 7) is 2.62. The predicted molar refractivity (Wildman–Crippen MR) is 123 cm³/mol. The Morgan fingerprint density at radius 1 is 1.00 bits per heavy atom. The minimum absolute atomic E-state index is 0.0787. The Morgan fingerprint density at radius 2 is 1.65 bits per heavy atom. The lowest BCUT2D eigenvalue weighted by atomic mass is 10.1. The van der Waals surface area contributed by atoms with Crippen molar-refractivity contribution in [3.05, 3.63) is 58.7 Å². The molecule has 3 aromatic rings. The van der Waals surface area contributed by atoms with Gasteiger partial charge in [-0.3, -0.25) is 9.59 Å². The summed E-state index contributed by atoms with van der Waals surface area (Å²) in [4.78, 5) is 40.9. The highest BCUT2D eigenvalue weighted by Crippen LogP contribution is 2.26. The van der Waals surface area contributed by atoms with Crippen LogP contribution in [0.1, 0.15) is 29.8 Å². The number of esters is 1. The molecule has 0 aliphatic rings. The largest absolute Gasteiger partial charge is 0.457 e. The number of aromatic nitrogens is 1. The van der Waals surface area contributed by atoms with Crippen LogP contribution in [0.2, 0.25) is 5.15 Å². The second-order valence-electron chi connectivity index (χ2n) is 6.73. The first-order valence-electron chi connectivity index (χ1n) is 9.25. The Bertz CT molecular complexity index is 1150. The van der Waals surface area contributed by atoms with E-state index in [1.165, 1.54) is 26.0 Å². The maximum atomic E-state index is 12.6. The van der Waals surface area contributed by atoms with E-state index in [0.717, 1.165) is 15.8 Å². The van der Waals surface area contributed by atoms with Gasteiger partial charge in [-0.25, -0.2) is 9.78 Å². The number of pyridine rings is 1. The van der Waals surface area contributed by atoms with E-state index < -0.39 is 5.97 Å². The van der Waals surface area contributed by atoms with Crippen molar-refractivity contribution >= 4 is 63.4 Å². The van der Waals surface area contributed by atoms with Gasteiger partial charge in [0.1, 0.15) is 11.8 Å². The zero-order valence-corrected chi connectivity index (χ0v) is 18.7. The molecule has 0 aliphatic heterocycles. The minimum atomic E-state index is -0.632. The molecule has 0 saturated carbocycles. The number of benzene rings is 2. The summed E-state index contributed by atoms with van der Waals surface area (Å²) < 4.78 is 5.42. The van der Waals surface area contributed by atoms with Crippen LogP contribution in [0.25, 0.3) is 10.9 Å². The third-order valence-corrected chi connectivity index (χ3v) is 5.27. The van der Waals surface area contributed by atoms with E-state index in [9.17, 15) is 14.4 Å². The number of nitrogens with one attached hydrogen (secondary N) is 2. The first kappa shape index (κ1) is 22.6. The highest BCUT2D eigenvalue weighted by atomic mass is 35.5. The SMILES string of the molecule is CSc1ccc2cc(COC(=O)c3cc(NC(C)=O)cc(NC(C)=O)c3)c(Cl)nc2c1. The van der Waals surface area contributed by atoms with Gasteiger partial charge in [-0.05, 0) is 42.7 Å². The number of fused-ring (bicyclic) bond motifs is 1. The third kappa shape index (κ3) is 5.96. The number of anilines is 2. The molecular weight excluding hydrogens is 438 g/mol. The molecule has 0 fully saturated rings. The number of amides is 2. The molecule has 0 atom stereocenters. The van der Waals surface area contributed by atoms with Crippen molar-refractivity contribution in [2.45, 2.75) is 25.3 Å². The molecule has 3 rings (SSSR count). The summed E-state index contributed by atoms with van der Waals surface area (Å²) in [5.74, 6) is -1.25. The zero-order chi connectivity index (χ0) is 22.5. The molecule has 0 unspecified atom stereocenters. The van der Waals surface area contributed by atoms with Gasteiger partial charge in [-0.1, -0.05) is 17.7 Å². The number of ether oxygens (including phenoxy) is 1. The Kier molecular flexibility index (Phi) is 7.14. The predicted octanol–water partition coefficient (Wildman–Crippen LogP) is 4.88. The van der Waals surface area contributed by atoms with E-state index in [0.29, 0.717) is 16.9 Å². The molecule has 160 valence electrons. The van der Waals surface area contributed by atoms with Crippen molar-refractivity contribution in [3.63, 3.8) is 0 Å². The standard InChI is InChI=1S/C22H20ClN3O4S/c1-12(27)24-17-7-15(8-18(9-17)25-13(2)28)22(29)30-11-16-6-14-4-5-19(31-3)10-20(14)26-21(16)23/h4-10H,11H2,1-3H3,(H,24,27)(H,25,28). The van der Waals surface area contributed by atoms with Crippen LogP contribution < -0.4 is 10.6 Å². The number of nitrogens with zero attached hydrogens (tertiary/aromatic N) is 1. The molecule has 1 aromatic heterocycles. The van der Waals surface area contributed by atoms with Gasteiger partial charge in [0.25, 0.3) is 0 Å². The van der Waals surface area contributed by atoms with Crippen molar-refractivity contribution in [2.24, 2.45) is 0 Å². The Hall–Kier alpha value is -3.10. The van der Waals surface area contributed by atoms with Crippen molar-refractivity contribution in [2.75, 3.05) is 16.9 Å². The Labute approximate surface area is 188 Å². The molecule has 0 spiro atoms. The topological polar surface area (TPSA) is 97.4 Å². The first-order chi connectivity index (χ1) is 14.7. The van der Waals surface area contributed by atoms with Gasteiger partial charge in [0, 0.05) is 41.1 Å². The third-order valence-electron chi connectivity index (χ3n) is 4.22. The number of thioether (sulfide) groups is 1. The van der Waals surface area contributed by atoms with Gasteiger partial charge in [0.15, 0.2) is 0 Å². The molecule has 1 heterocycles. The highest BCUT2D eigenvalue weighted by Gasteiger charge is 2.14. The van der Waals surface area contributed by atoms with E-state index in [4.69, 9.17) is 16.3 Å². The minimum Gasteiger partial charge on any atom is -0.457 e. The zero-order valence-electron chi connectivity index (χ0n) is 17.1. The Balaban J connectivity index is 1.81. The summed E-state index contributed by atoms with van der Waals surface area (Å²) in [6, 6.07) is 12.2. The number of carbonyl (C=O) groups excluding carboxylic acids is 3. The maximum Gasteiger partial charge on any atom is 0.338 e. The molecule has 9 heteroatoms. The van der Waals surface area contributed by atoms with E-state index in [2.05, 4.69) is 15.6 Å². The number of hydrogen-bond acceptors (Lipinski definition) is 6. The summed E-state index contributed by atoms with van der Waals surface area (Å²) in [5, 5.41) is 6.33. The van der Waals surface area contributed by atoms with Crippen LogP contribution in [0.15, 0.2) is 47.4 Å². The van der Waals surface area contributed by atoms with Crippen LogP contribution in [-0.4, -0.2) is 29.0 Å². The molecular formula is C22H20ClN3O4S. The highest BCUT2D eigenvalue weighted by molar-refractivity contribution is 7.98. The smallest absolute Gasteiger partial charge is 0.338 e. The van der Waals surface area contributed by atoms with Gasteiger partial charge in [0.2, 0.25) is 11.8 Å². The molecule has 2 aromatic carbocycles. The van der Waals surface area contributed by atoms with Crippen LogP contribution in [0, 0.1) is 0 Å². The average molecular weight is 458 g/mol. The van der Waals surface area contributed by atoms with Crippen LogP contribution in [0.4, 0.5) is 11.4 Å². The second-order valence-corrected chi connectivity index (χ2v) is 7.97. The van der Waals surface area contributed by atoms with E-state index in [-0.39, 0.29) is 29.1 Å². The summed E-state index contributed by atoms with van der Waals surface area (Å²) in [5.41, 5.74) is 2.22. The summed E-state index contributed by atoms with van der Waals surface area (Å²) in [6.07, 6.45) is 1.98. The van der Waals surface area contributed by atoms with Gasteiger partial charge >= 0.3 is 5.97 Å². The fourth-order valence-electron chi connectivity index (χ4n) is 2.92. The molecule has 0 bridgehead atoms. The maximum absolute atomic E-state index is 12.6. The fourth-order valence-corrected chi connectivity index (χ4v) is 3.55. The van der Waals surface area contributed by atoms with Gasteiger partial charge in [-0.2, -0.15) is 0 Å². The average Bonchev–Trinajstić information content (AvgIpc) is 2.70. The lowest BCUT2D eigenvalue weighted by Gasteiger charge is -2.11. The van der Waals surface area contributed by atoms with E-state index >= 15 is 0 Å². The molecule has 0 radical (unpaired) electrons. The molecule has 0 aliphatic carbocycles. The molecule has 31 heavy (non-hydrogen) atoms. The van der Waals surface area contributed by atoms with E-state index in [1.807, 2.05) is 30.5 Å². The van der Waals surface area contributed by atoms with E-state index in [1.54, 1.807) is 17.8 Å². The monoisotopic (exact) mass is 457 g/mol. The number of hydrogen-bond donors (Lipinski definition) is 2. The summed E-state index contributed by atoms with van der Waals surface area (Å²) >= 11 is 7.90. The fraction of sp³-hybridized carbons (Fsp3) is 0.182. The normalized spacial score (nSPS) is 10.6. The van der Waals surface area contributed by atoms with Gasteiger partial charge in [-0.15, -0.1) is 11.8 Å². The molecule has 7 nitrogen and oxygen atoms in total.